The Labute approximate surface area is 123 Å². The normalized spacial score (nSPS) is 25.2. The molecule has 0 bridgehead atoms. The molecule has 2 aliphatic rings. The lowest BCUT2D eigenvalue weighted by atomic mass is 9.49. The van der Waals surface area contributed by atoms with Gasteiger partial charge in [0.05, 0.1) is 36.8 Å². The van der Waals surface area contributed by atoms with Crippen LogP contribution in [-0.4, -0.2) is 48.8 Å². The first-order valence-corrected chi connectivity index (χ1v) is 6.61. The summed E-state index contributed by atoms with van der Waals surface area (Å²) in [5.74, 6) is -1.18. The monoisotopic (exact) mass is 290 g/mol. The van der Waals surface area contributed by atoms with Gasteiger partial charge in [-0.05, 0) is 17.7 Å². The first-order chi connectivity index (χ1) is 9.47. The summed E-state index contributed by atoms with van der Waals surface area (Å²) in [6.45, 7) is 0. The van der Waals surface area contributed by atoms with Crippen molar-refractivity contribution < 1.29 is 28.2 Å². The van der Waals surface area contributed by atoms with E-state index in [1.54, 1.807) is 0 Å². The molecule has 0 saturated heterocycles. The zero-order valence-electron chi connectivity index (χ0n) is 12.2. The number of carboxylic acids is 1. The fourth-order valence-corrected chi connectivity index (χ4v) is 3.87. The number of carboxylic acid groups (broad SMARTS) is 1. The van der Waals surface area contributed by atoms with E-state index >= 15 is 0 Å². The molecule has 1 saturated carbocycles. The number of fused-ring (bicyclic) bond motifs is 1. The maximum Gasteiger partial charge on any atom is 0.586 e. The van der Waals surface area contributed by atoms with Crippen molar-refractivity contribution in [2.45, 2.75) is 22.1 Å². The minimum Gasteiger partial charge on any atom is -0.481 e. The third-order valence-corrected chi connectivity index (χ3v) is 5.53. The number of aliphatic carboxylic acids is 1. The first-order valence-electron chi connectivity index (χ1n) is 6.61. The van der Waals surface area contributed by atoms with E-state index in [2.05, 4.69) is 9.47 Å². The molecule has 0 aromatic heterocycles. The lowest BCUT2D eigenvalue weighted by Crippen LogP contribution is -2.28. The Morgan fingerprint density at radius 2 is 1.57 bits per heavy atom. The van der Waals surface area contributed by atoms with Crippen LogP contribution in [0.2, 0.25) is 10.4 Å². The summed E-state index contributed by atoms with van der Waals surface area (Å²) in [4.78, 5) is 11.9. The van der Waals surface area contributed by atoms with Gasteiger partial charge in [-0.3, -0.25) is 4.79 Å². The largest absolute Gasteiger partial charge is 0.586 e. The highest BCUT2D eigenvalue weighted by Crippen LogP contribution is 2.82. The van der Waals surface area contributed by atoms with Gasteiger partial charge in [0, 0.05) is 0 Å². The third-order valence-electron chi connectivity index (χ3n) is 5.53. The van der Waals surface area contributed by atoms with Crippen molar-refractivity contribution in [3.8, 4) is 11.5 Å². The molecule has 0 amide bonds. The number of hydrogen-bond donors (Lipinski definition) is 1. The molecule has 106 valence electrons. The average molecular weight is 289 g/mol. The Bertz CT molecular complexity index is 648. The third kappa shape index (κ3) is 1.45. The molecule has 1 aromatic rings. The Kier molecular flexibility index (Phi) is 2.46. The second-order valence-corrected chi connectivity index (χ2v) is 6.63. The van der Waals surface area contributed by atoms with E-state index < -0.39 is 28.1 Å². The number of hydrogen-bond acceptors (Lipinski definition) is 3. The van der Waals surface area contributed by atoms with Crippen LogP contribution < -0.4 is 9.47 Å². The summed E-state index contributed by atoms with van der Waals surface area (Å²) in [7, 11) is 7.45. The minimum absolute atomic E-state index is 0.0828. The molecule has 1 heterocycles. The van der Waals surface area contributed by atoms with E-state index in [-0.39, 0.29) is 11.5 Å². The first kappa shape index (κ1) is 14.4. The molecule has 0 radical (unpaired) electrons. The van der Waals surface area contributed by atoms with Crippen molar-refractivity contribution in [1.29, 1.82) is 0 Å². The lowest BCUT2D eigenvalue weighted by Gasteiger charge is -2.18. The molecular formula is C11H12B4F2O4. The van der Waals surface area contributed by atoms with Crippen molar-refractivity contribution in [3.05, 3.63) is 23.8 Å². The van der Waals surface area contributed by atoms with Crippen LogP contribution in [0, 0.1) is 0 Å². The van der Waals surface area contributed by atoms with Crippen LogP contribution in [0.3, 0.4) is 0 Å². The molecular weight excluding hydrogens is 277 g/mol. The van der Waals surface area contributed by atoms with Crippen LogP contribution in [0.1, 0.15) is 5.56 Å². The standard InChI is InChI=1S/C11H12B4F2O4/c12-9(13)8(7(18)19,10(9,14)15)4-1-2-5-6(3-4)21-11(16,17)20-5/h1-3H,12-15H2,(H,18,19). The molecule has 1 aliphatic heterocycles. The van der Waals surface area contributed by atoms with Crippen LogP contribution in [0.5, 0.6) is 11.5 Å². The van der Waals surface area contributed by atoms with Crippen LogP contribution in [0.15, 0.2) is 18.2 Å². The maximum atomic E-state index is 13.1. The Hall–Kier alpha value is -1.59. The quantitative estimate of drug-likeness (QED) is 0.647. The zero-order chi connectivity index (χ0) is 15.8. The van der Waals surface area contributed by atoms with Gasteiger partial charge in [0.1, 0.15) is 0 Å². The van der Waals surface area contributed by atoms with E-state index in [0.29, 0.717) is 5.56 Å². The fourth-order valence-electron chi connectivity index (χ4n) is 3.87. The molecule has 0 unspecified atom stereocenters. The molecule has 0 atom stereocenters. The van der Waals surface area contributed by atoms with Gasteiger partial charge in [0.2, 0.25) is 0 Å². The van der Waals surface area contributed by atoms with Gasteiger partial charge in [-0.15, -0.1) is 8.78 Å². The molecule has 0 spiro atoms. The molecule has 1 aliphatic carbocycles. The molecule has 1 aromatic carbocycles. The molecule has 10 heteroatoms. The molecule has 21 heavy (non-hydrogen) atoms. The van der Waals surface area contributed by atoms with Crippen molar-refractivity contribution >= 4 is 37.4 Å². The minimum atomic E-state index is -3.70. The second-order valence-electron chi connectivity index (χ2n) is 6.63. The summed E-state index contributed by atoms with van der Waals surface area (Å²) in [5, 5.41) is 8.74. The van der Waals surface area contributed by atoms with Crippen LogP contribution in [-0.2, 0) is 10.2 Å². The summed E-state index contributed by atoms with van der Waals surface area (Å²) < 4.78 is 34.9. The van der Waals surface area contributed by atoms with Gasteiger partial charge >= 0.3 is 12.3 Å². The van der Waals surface area contributed by atoms with Crippen molar-refractivity contribution in [2.24, 2.45) is 0 Å². The van der Waals surface area contributed by atoms with E-state index in [9.17, 15) is 18.7 Å². The number of halogens is 2. The predicted octanol–water partition coefficient (Wildman–Crippen LogP) is -1.89. The number of alkyl halides is 2. The van der Waals surface area contributed by atoms with Gasteiger partial charge in [-0.1, -0.05) is 16.5 Å². The number of rotatable bonds is 2. The Morgan fingerprint density at radius 1 is 1.05 bits per heavy atom. The van der Waals surface area contributed by atoms with E-state index in [4.69, 9.17) is 0 Å². The van der Waals surface area contributed by atoms with Crippen molar-refractivity contribution in [3.63, 3.8) is 0 Å². The Balaban J connectivity index is 2.13. The van der Waals surface area contributed by atoms with Crippen molar-refractivity contribution in [1.82, 2.24) is 0 Å². The zero-order valence-corrected chi connectivity index (χ0v) is 12.2. The Morgan fingerprint density at radius 3 is 2.05 bits per heavy atom. The van der Waals surface area contributed by atoms with E-state index in [0.717, 1.165) is 0 Å². The number of benzene rings is 1. The second kappa shape index (κ2) is 3.59. The van der Waals surface area contributed by atoms with Gasteiger partial charge in [0.15, 0.2) is 11.5 Å². The molecule has 3 rings (SSSR count). The van der Waals surface area contributed by atoms with Gasteiger partial charge < -0.3 is 14.6 Å². The highest BCUT2D eigenvalue weighted by Gasteiger charge is 2.80. The van der Waals surface area contributed by atoms with E-state index in [1.165, 1.54) is 18.2 Å². The van der Waals surface area contributed by atoms with Gasteiger partial charge in [0.25, 0.3) is 0 Å². The van der Waals surface area contributed by atoms with Gasteiger partial charge in [-0.25, -0.2) is 0 Å². The molecule has 1 fully saturated rings. The molecule has 1 N–H and O–H groups in total. The summed E-state index contributed by atoms with van der Waals surface area (Å²) >= 11 is 0. The van der Waals surface area contributed by atoms with Crippen LogP contribution in [0.4, 0.5) is 8.78 Å². The fraction of sp³-hybridized carbons (Fsp3) is 0.364. The average Bonchev–Trinajstić information content (AvgIpc) is 2.57. The van der Waals surface area contributed by atoms with Crippen molar-refractivity contribution in [2.75, 3.05) is 0 Å². The topological polar surface area (TPSA) is 55.8 Å². The van der Waals surface area contributed by atoms with Crippen LogP contribution >= 0.6 is 0 Å². The highest BCUT2D eigenvalue weighted by atomic mass is 19.3. The SMILES string of the molecule is BC1(B)C(B)(B)C1(C(=O)O)c1ccc2c(c1)OC(F)(F)O2. The summed E-state index contributed by atoms with van der Waals surface area (Å²) in [5.41, 5.74) is -0.693. The van der Waals surface area contributed by atoms with E-state index in [1.807, 2.05) is 31.4 Å². The molecule has 4 nitrogen and oxygen atoms in total. The van der Waals surface area contributed by atoms with Crippen LogP contribution in [0.25, 0.3) is 0 Å². The number of carbonyl (C=O) groups is 1. The summed E-state index contributed by atoms with van der Waals surface area (Å²) in [6, 6.07) is 4.20. The summed E-state index contributed by atoms with van der Waals surface area (Å²) in [6.07, 6.45) is -3.70. The highest BCUT2D eigenvalue weighted by molar-refractivity contribution is 6.64. The smallest absolute Gasteiger partial charge is 0.481 e. The maximum absolute atomic E-state index is 13.1. The lowest BCUT2D eigenvalue weighted by molar-refractivity contribution is -0.286. The number of ether oxygens (including phenoxy) is 2. The predicted molar refractivity (Wildman–Crippen MR) is 81.5 cm³/mol. The van der Waals surface area contributed by atoms with Gasteiger partial charge in [-0.2, -0.15) is 0 Å².